The van der Waals surface area contributed by atoms with Crippen LogP contribution in [0.4, 0.5) is 5.69 Å². The number of hydrogen-bond donors (Lipinski definition) is 1. The van der Waals surface area contributed by atoms with E-state index in [1.165, 1.54) is 7.11 Å². The maximum absolute atomic E-state index is 12.6. The maximum atomic E-state index is 12.6. The zero-order valence-corrected chi connectivity index (χ0v) is 14.9. The van der Waals surface area contributed by atoms with E-state index in [9.17, 15) is 9.59 Å². The summed E-state index contributed by atoms with van der Waals surface area (Å²) in [5, 5.41) is 2.84. The summed E-state index contributed by atoms with van der Waals surface area (Å²) in [5.74, 6) is -0.617. The number of rotatable bonds is 4. The van der Waals surface area contributed by atoms with Gasteiger partial charge in [-0.3, -0.25) is 4.79 Å². The van der Waals surface area contributed by atoms with E-state index in [1.807, 2.05) is 44.2 Å². The molecule has 5 heteroatoms. The normalized spacial score (nSPS) is 10.4. The molecule has 3 aromatic rings. The van der Waals surface area contributed by atoms with Crippen LogP contribution in [0.5, 0.6) is 0 Å². The van der Waals surface area contributed by atoms with E-state index in [-0.39, 0.29) is 5.91 Å². The lowest BCUT2D eigenvalue weighted by Crippen LogP contribution is -2.13. The molecule has 0 saturated carbocycles. The highest BCUT2D eigenvalue weighted by molar-refractivity contribution is 6.04. The van der Waals surface area contributed by atoms with Gasteiger partial charge in [0.2, 0.25) is 0 Å². The fraction of sp³-hybridized carbons (Fsp3) is 0.143. The Labute approximate surface area is 152 Å². The van der Waals surface area contributed by atoms with E-state index in [0.29, 0.717) is 16.8 Å². The molecule has 0 aliphatic carbocycles. The van der Waals surface area contributed by atoms with Crippen molar-refractivity contribution in [1.82, 2.24) is 4.57 Å². The summed E-state index contributed by atoms with van der Waals surface area (Å²) in [6.45, 7) is 4.06. The standard InChI is InChI=1S/C21H20N2O3/c1-14-7-8-15(2)23(14)19-6-4-5-17(13-19)20(24)22-18-11-9-16(10-12-18)21(25)26-3/h4-13H,1-3H3,(H,22,24). The first-order valence-electron chi connectivity index (χ1n) is 8.24. The third-order valence-corrected chi connectivity index (χ3v) is 4.20. The zero-order chi connectivity index (χ0) is 18.7. The first-order valence-corrected chi connectivity index (χ1v) is 8.24. The van der Waals surface area contributed by atoms with Crippen molar-refractivity contribution in [1.29, 1.82) is 0 Å². The third kappa shape index (κ3) is 3.52. The molecule has 0 bridgehead atoms. The number of hydrogen-bond acceptors (Lipinski definition) is 3. The second-order valence-corrected chi connectivity index (χ2v) is 6.02. The van der Waals surface area contributed by atoms with Crippen molar-refractivity contribution in [2.75, 3.05) is 12.4 Å². The molecule has 132 valence electrons. The van der Waals surface area contributed by atoms with Crippen molar-refractivity contribution >= 4 is 17.6 Å². The summed E-state index contributed by atoms with van der Waals surface area (Å²) in [7, 11) is 1.33. The van der Waals surface area contributed by atoms with Crippen LogP contribution in [0, 0.1) is 13.8 Å². The Morgan fingerprint density at radius 1 is 0.885 bits per heavy atom. The van der Waals surface area contributed by atoms with Gasteiger partial charge in [0.25, 0.3) is 5.91 Å². The second-order valence-electron chi connectivity index (χ2n) is 6.02. The average molecular weight is 348 g/mol. The highest BCUT2D eigenvalue weighted by Gasteiger charge is 2.10. The molecule has 0 saturated heterocycles. The monoisotopic (exact) mass is 348 g/mol. The van der Waals surface area contributed by atoms with Crippen molar-refractivity contribution in [3.8, 4) is 5.69 Å². The van der Waals surface area contributed by atoms with Gasteiger partial charge in [-0.1, -0.05) is 6.07 Å². The number of ether oxygens (including phenoxy) is 1. The van der Waals surface area contributed by atoms with Crippen molar-refractivity contribution in [2.45, 2.75) is 13.8 Å². The fourth-order valence-electron chi connectivity index (χ4n) is 2.87. The van der Waals surface area contributed by atoms with Gasteiger partial charge in [0.1, 0.15) is 0 Å². The molecule has 1 N–H and O–H groups in total. The van der Waals surface area contributed by atoms with Crippen molar-refractivity contribution < 1.29 is 14.3 Å². The summed E-state index contributed by atoms with van der Waals surface area (Å²) in [4.78, 5) is 24.0. The van der Waals surface area contributed by atoms with E-state index in [4.69, 9.17) is 0 Å². The van der Waals surface area contributed by atoms with E-state index < -0.39 is 5.97 Å². The minimum absolute atomic E-state index is 0.208. The van der Waals surface area contributed by atoms with E-state index in [0.717, 1.165) is 17.1 Å². The molecule has 0 atom stereocenters. The Balaban J connectivity index is 1.80. The van der Waals surface area contributed by atoms with Crippen LogP contribution in [0.2, 0.25) is 0 Å². The van der Waals surface area contributed by atoms with Gasteiger partial charge in [0.05, 0.1) is 12.7 Å². The van der Waals surface area contributed by atoms with Gasteiger partial charge in [-0.15, -0.1) is 0 Å². The number of benzene rings is 2. The number of anilines is 1. The van der Waals surface area contributed by atoms with Gasteiger partial charge in [-0.2, -0.15) is 0 Å². The van der Waals surface area contributed by atoms with Crippen LogP contribution in [0.1, 0.15) is 32.1 Å². The predicted octanol–water partition coefficient (Wildman–Crippen LogP) is 4.13. The van der Waals surface area contributed by atoms with Crippen molar-refractivity contribution in [3.05, 3.63) is 83.2 Å². The molecule has 1 aromatic heterocycles. The summed E-state index contributed by atoms with van der Waals surface area (Å²) in [6, 6.07) is 18.1. The largest absolute Gasteiger partial charge is 0.465 e. The topological polar surface area (TPSA) is 60.3 Å². The van der Waals surface area contributed by atoms with Gasteiger partial charge in [0, 0.05) is 28.3 Å². The number of nitrogens with one attached hydrogen (secondary N) is 1. The molecule has 2 aromatic carbocycles. The summed E-state index contributed by atoms with van der Waals surface area (Å²) in [5.41, 5.74) is 4.77. The minimum Gasteiger partial charge on any atom is -0.465 e. The number of aryl methyl sites for hydroxylation is 2. The number of carbonyl (C=O) groups excluding carboxylic acids is 2. The van der Waals surface area contributed by atoms with Crippen LogP contribution in [0.25, 0.3) is 5.69 Å². The molecular weight excluding hydrogens is 328 g/mol. The number of nitrogens with zero attached hydrogens (tertiary/aromatic N) is 1. The molecule has 0 aliphatic heterocycles. The number of amides is 1. The molecule has 0 unspecified atom stereocenters. The zero-order valence-electron chi connectivity index (χ0n) is 14.9. The van der Waals surface area contributed by atoms with Gasteiger partial charge in [-0.05, 0) is 68.4 Å². The number of aromatic nitrogens is 1. The van der Waals surface area contributed by atoms with Gasteiger partial charge >= 0.3 is 5.97 Å². The van der Waals surface area contributed by atoms with Crippen molar-refractivity contribution in [3.63, 3.8) is 0 Å². The summed E-state index contributed by atoms with van der Waals surface area (Å²) >= 11 is 0. The minimum atomic E-state index is -0.409. The van der Waals surface area contributed by atoms with Gasteiger partial charge in [0.15, 0.2) is 0 Å². The maximum Gasteiger partial charge on any atom is 0.337 e. The second kappa shape index (κ2) is 7.27. The lowest BCUT2D eigenvalue weighted by Gasteiger charge is -2.11. The molecule has 3 rings (SSSR count). The molecule has 26 heavy (non-hydrogen) atoms. The molecule has 0 radical (unpaired) electrons. The van der Waals surface area contributed by atoms with E-state index in [2.05, 4.69) is 14.6 Å². The highest BCUT2D eigenvalue weighted by Crippen LogP contribution is 2.18. The smallest absolute Gasteiger partial charge is 0.337 e. The summed E-state index contributed by atoms with van der Waals surface area (Å²) in [6.07, 6.45) is 0. The molecule has 0 fully saturated rings. The van der Waals surface area contributed by atoms with E-state index >= 15 is 0 Å². The van der Waals surface area contributed by atoms with Crippen LogP contribution in [-0.4, -0.2) is 23.6 Å². The molecule has 0 spiro atoms. The first kappa shape index (κ1) is 17.5. The summed E-state index contributed by atoms with van der Waals surface area (Å²) < 4.78 is 6.76. The Hall–Kier alpha value is -3.34. The van der Waals surface area contributed by atoms with Crippen LogP contribution >= 0.6 is 0 Å². The molecule has 0 aliphatic rings. The number of carbonyl (C=O) groups is 2. The predicted molar refractivity (Wildman–Crippen MR) is 101 cm³/mol. The first-order chi connectivity index (χ1) is 12.5. The SMILES string of the molecule is COC(=O)c1ccc(NC(=O)c2cccc(-n3c(C)ccc3C)c2)cc1. The van der Waals surface area contributed by atoms with Crippen LogP contribution in [0.3, 0.4) is 0 Å². The fourth-order valence-corrected chi connectivity index (χ4v) is 2.87. The number of esters is 1. The Kier molecular flexibility index (Phi) is 4.89. The van der Waals surface area contributed by atoms with Gasteiger partial charge in [-0.25, -0.2) is 4.79 Å². The lowest BCUT2D eigenvalue weighted by molar-refractivity contribution is 0.0600. The van der Waals surface area contributed by atoms with Crippen LogP contribution < -0.4 is 5.32 Å². The van der Waals surface area contributed by atoms with E-state index in [1.54, 1.807) is 30.3 Å². The Bertz CT molecular complexity index is 936. The molecule has 5 nitrogen and oxygen atoms in total. The molecule has 1 heterocycles. The Morgan fingerprint density at radius 2 is 1.54 bits per heavy atom. The van der Waals surface area contributed by atoms with Gasteiger partial charge < -0.3 is 14.6 Å². The lowest BCUT2D eigenvalue weighted by atomic mass is 10.1. The van der Waals surface area contributed by atoms with Crippen molar-refractivity contribution in [2.24, 2.45) is 0 Å². The quantitative estimate of drug-likeness (QED) is 0.721. The molecule has 1 amide bonds. The Morgan fingerprint density at radius 3 is 2.15 bits per heavy atom. The third-order valence-electron chi connectivity index (χ3n) is 4.20. The molecular formula is C21H20N2O3. The van der Waals surface area contributed by atoms with Crippen LogP contribution in [0.15, 0.2) is 60.7 Å². The number of methoxy groups -OCH3 is 1. The van der Waals surface area contributed by atoms with Crippen LogP contribution in [-0.2, 0) is 4.74 Å². The highest BCUT2D eigenvalue weighted by atomic mass is 16.5. The average Bonchev–Trinajstić information content (AvgIpc) is 3.00.